The van der Waals surface area contributed by atoms with Gasteiger partial charge in [0.15, 0.2) is 0 Å². The van der Waals surface area contributed by atoms with Crippen molar-refractivity contribution >= 4 is 46.4 Å². The van der Waals surface area contributed by atoms with E-state index in [9.17, 15) is 19.2 Å². The van der Waals surface area contributed by atoms with E-state index in [2.05, 4.69) is 68.4 Å². The van der Waals surface area contributed by atoms with Crippen molar-refractivity contribution in [1.82, 2.24) is 9.80 Å². The Morgan fingerprint density at radius 1 is 0.688 bits per heavy atom. The third kappa shape index (κ3) is 8.15. The maximum absolute atomic E-state index is 14.0. The summed E-state index contributed by atoms with van der Waals surface area (Å²) in [7, 11) is 2.77. The van der Waals surface area contributed by atoms with E-state index in [1.165, 1.54) is 78.0 Å². The number of rotatable bonds is 14. The third-order valence-electron chi connectivity index (χ3n) is 15.7. The molecule has 0 N–H and O–H groups in total. The van der Waals surface area contributed by atoms with Gasteiger partial charge in [0, 0.05) is 43.6 Å². The predicted molar refractivity (Wildman–Crippen MR) is 251 cm³/mol. The molecule has 64 heavy (non-hydrogen) atoms. The number of benzene rings is 3. The number of nitrogens with zero attached hydrogens (tertiary/aromatic N) is 4. The second-order valence-corrected chi connectivity index (χ2v) is 19.6. The number of hydrogen-bond acceptors (Lipinski definition) is 8. The molecule has 0 radical (unpaired) electrons. The highest BCUT2D eigenvalue weighted by Gasteiger charge is 2.43. The zero-order chi connectivity index (χ0) is 44.8. The maximum Gasteiger partial charge on any atom is 0.306 e. The van der Waals surface area contributed by atoms with Crippen LogP contribution in [0.1, 0.15) is 132 Å². The van der Waals surface area contributed by atoms with E-state index in [0.29, 0.717) is 31.3 Å². The normalized spacial score (nSPS) is 23.4. The molecule has 9 rings (SSSR count). The van der Waals surface area contributed by atoms with Crippen LogP contribution in [0.15, 0.2) is 70.8 Å². The van der Waals surface area contributed by atoms with Crippen molar-refractivity contribution < 1.29 is 28.7 Å². The fraction of sp³-hybridized carbons (Fsp3) is 0.519. The minimum Gasteiger partial charge on any atom is -0.469 e. The van der Waals surface area contributed by atoms with Crippen molar-refractivity contribution in [2.45, 2.75) is 129 Å². The lowest BCUT2D eigenvalue weighted by Crippen LogP contribution is -2.45. The number of methoxy groups -OCH3 is 2. The molecule has 7 atom stereocenters. The van der Waals surface area contributed by atoms with Crippen LogP contribution in [0.3, 0.4) is 0 Å². The van der Waals surface area contributed by atoms with Gasteiger partial charge in [-0.3, -0.25) is 29.2 Å². The van der Waals surface area contributed by atoms with Crippen LogP contribution in [0, 0.1) is 23.7 Å². The average Bonchev–Trinajstić information content (AvgIpc) is 4.18. The van der Waals surface area contributed by atoms with Gasteiger partial charge >= 0.3 is 11.9 Å². The van der Waals surface area contributed by atoms with Gasteiger partial charge in [0.05, 0.1) is 56.7 Å². The van der Waals surface area contributed by atoms with Gasteiger partial charge in [-0.05, 0) is 131 Å². The van der Waals surface area contributed by atoms with Gasteiger partial charge in [0.2, 0.25) is 11.8 Å². The highest BCUT2D eigenvalue weighted by molar-refractivity contribution is 6.04. The largest absolute Gasteiger partial charge is 0.469 e. The molecule has 2 bridgehead atoms. The lowest BCUT2D eigenvalue weighted by molar-refractivity contribution is -0.148. The van der Waals surface area contributed by atoms with Crippen molar-refractivity contribution in [3.8, 4) is 22.3 Å². The standard InChI is InChI=1S/C54H64N4O6/c1-7-32(4)43(29-50(60)64-6)54(62)58-23-9-11-48(58)46-26-38-24-35(18-21-44(38)56-46)41-20-19-40(51-36-16-17-37(25-36)52(41)51)34-14-12-33(13-15-34)39-27-45(55-30-39)47-10-8-22-57(47)53(61)42(31(2)3)28-49(59)63-5/h12-15,18-21,24,30-32,36-37,42-43,47-48H,7-11,16-17,22-23,25-29H2,1-6H3/t32?,36?,37?,42-,43-,47?,48-/m0/s1. The van der Waals surface area contributed by atoms with Gasteiger partial charge in [-0.15, -0.1) is 0 Å². The van der Waals surface area contributed by atoms with E-state index < -0.39 is 11.8 Å². The number of aliphatic imine (C=N–C) groups is 2. The first kappa shape index (κ1) is 43.9. The van der Waals surface area contributed by atoms with Gasteiger partial charge in [-0.25, -0.2) is 0 Å². The third-order valence-corrected chi connectivity index (χ3v) is 15.7. The van der Waals surface area contributed by atoms with Gasteiger partial charge in [-0.2, -0.15) is 0 Å². The van der Waals surface area contributed by atoms with Gasteiger partial charge in [-0.1, -0.05) is 76.6 Å². The van der Waals surface area contributed by atoms with Gasteiger partial charge < -0.3 is 19.3 Å². The molecule has 4 unspecified atom stereocenters. The molecular formula is C54H64N4O6. The zero-order valence-corrected chi connectivity index (χ0v) is 38.5. The quantitative estimate of drug-likeness (QED) is 0.149. The molecule has 1 saturated carbocycles. The summed E-state index contributed by atoms with van der Waals surface area (Å²) in [4.78, 5) is 66.3. The average molecular weight is 865 g/mol. The Hall–Kier alpha value is -5.38. The van der Waals surface area contributed by atoms with Crippen LogP contribution in [0.25, 0.3) is 27.8 Å². The lowest BCUT2D eigenvalue weighted by atomic mass is 9.81. The molecule has 336 valence electrons. The molecule has 6 aliphatic rings. The molecule has 0 aromatic heterocycles. The number of esters is 2. The van der Waals surface area contributed by atoms with Crippen LogP contribution in [-0.2, 0) is 35.1 Å². The van der Waals surface area contributed by atoms with E-state index in [0.717, 1.165) is 61.2 Å². The van der Waals surface area contributed by atoms with Crippen LogP contribution >= 0.6 is 0 Å². The number of allylic oxidation sites excluding steroid dienone is 1. The molecule has 10 nitrogen and oxygen atoms in total. The van der Waals surface area contributed by atoms with E-state index in [4.69, 9.17) is 19.5 Å². The molecular weight excluding hydrogens is 801 g/mol. The molecule has 10 heteroatoms. The summed E-state index contributed by atoms with van der Waals surface area (Å²) in [5, 5.41) is 0. The predicted octanol–water partition coefficient (Wildman–Crippen LogP) is 10.2. The minimum absolute atomic E-state index is 0.0287. The van der Waals surface area contributed by atoms with Crippen molar-refractivity contribution in [2.24, 2.45) is 33.7 Å². The number of hydrogen-bond donors (Lipinski definition) is 0. The molecule has 0 spiro atoms. The topological polar surface area (TPSA) is 118 Å². The van der Waals surface area contributed by atoms with Crippen LogP contribution in [0.5, 0.6) is 0 Å². The first-order valence-electron chi connectivity index (χ1n) is 24.0. The lowest BCUT2D eigenvalue weighted by Gasteiger charge is -2.31. The Morgan fingerprint density at radius 3 is 1.86 bits per heavy atom. The first-order valence-corrected chi connectivity index (χ1v) is 24.0. The molecule has 2 aliphatic carbocycles. The first-order chi connectivity index (χ1) is 31.0. The molecule has 4 aliphatic heterocycles. The van der Waals surface area contributed by atoms with Crippen molar-refractivity contribution in [2.75, 3.05) is 27.3 Å². The summed E-state index contributed by atoms with van der Waals surface area (Å²) in [5.41, 5.74) is 14.8. The van der Waals surface area contributed by atoms with Crippen molar-refractivity contribution in [1.29, 1.82) is 0 Å². The van der Waals surface area contributed by atoms with Crippen LogP contribution < -0.4 is 0 Å². The van der Waals surface area contributed by atoms with Crippen LogP contribution in [-0.4, -0.2) is 84.4 Å². The van der Waals surface area contributed by atoms with Gasteiger partial charge in [0.1, 0.15) is 0 Å². The number of fused-ring (bicyclic) bond motifs is 6. The summed E-state index contributed by atoms with van der Waals surface area (Å²) in [6.45, 7) is 9.51. The van der Waals surface area contributed by atoms with E-state index in [1.54, 1.807) is 0 Å². The maximum atomic E-state index is 14.0. The summed E-state index contributed by atoms with van der Waals surface area (Å²) < 4.78 is 9.91. The number of amides is 2. The fourth-order valence-electron chi connectivity index (χ4n) is 11.9. The summed E-state index contributed by atoms with van der Waals surface area (Å²) in [5.74, 6) is -0.147. The highest BCUT2D eigenvalue weighted by atomic mass is 16.5. The summed E-state index contributed by atoms with van der Waals surface area (Å²) >= 11 is 0. The number of likely N-dealkylation sites (tertiary alicyclic amines) is 2. The second-order valence-electron chi connectivity index (χ2n) is 19.6. The molecule has 2 amide bonds. The molecule has 2 saturated heterocycles. The minimum atomic E-state index is -0.403. The zero-order valence-electron chi connectivity index (χ0n) is 38.5. The Bertz CT molecular complexity index is 2430. The Morgan fingerprint density at radius 2 is 1.25 bits per heavy atom. The fourth-order valence-corrected chi connectivity index (χ4v) is 11.9. The van der Waals surface area contributed by atoms with E-state index >= 15 is 0 Å². The SMILES string of the molecule is CCC(C)[C@H](CC(=O)OC)C(=O)N1CCC[C@H]1C1=Nc2ccc(-c3ccc(-c4ccc(C5=CN=C(C6CCCN6C(=O)[C@@H](CC(=O)OC)C(C)C)C5)cc4)c4c3C3CCC4C3)cc2C1. The Labute approximate surface area is 378 Å². The summed E-state index contributed by atoms with van der Waals surface area (Å²) in [6.07, 6.45) is 11.8. The molecule has 3 fully saturated rings. The second kappa shape index (κ2) is 18.2. The van der Waals surface area contributed by atoms with E-state index in [1.807, 2.05) is 29.8 Å². The number of carbonyl (C=O) groups is 4. The monoisotopic (exact) mass is 864 g/mol. The van der Waals surface area contributed by atoms with Crippen LogP contribution in [0.4, 0.5) is 5.69 Å². The molecule has 3 aromatic carbocycles. The Kier molecular flexibility index (Phi) is 12.5. The number of ether oxygens (including phenoxy) is 2. The van der Waals surface area contributed by atoms with Crippen molar-refractivity contribution in [3.05, 3.63) is 83.1 Å². The van der Waals surface area contributed by atoms with E-state index in [-0.39, 0.29) is 60.5 Å². The van der Waals surface area contributed by atoms with Crippen LogP contribution in [0.2, 0.25) is 0 Å². The number of carbonyl (C=O) groups excluding carboxylic acids is 4. The molecule has 3 aromatic rings. The smallest absolute Gasteiger partial charge is 0.306 e. The molecule has 4 heterocycles. The Balaban J connectivity index is 0.898. The highest BCUT2D eigenvalue weighted by Crippen LogP contribution is 2.58. The summed E-state index contributed by atoms with van der Waals surface area (Å²) in [6, 6.07) is 20.4. The van der Waals surface area contributed by atoms with Gasteiger partial charge in [0.25, 0.3) is 0 Å². The van der Waals surface area contributed by atoms with Crippen molar-refractivity contribution in [3.63, 3.8) is 0 Å².